The molecular weight excluding hydrogens is 334 g/mol. The average molecular weight is 368 g/mol. The number of hydrogen-bond acceptors (Lipinski definition) is 3. The van der Waals surface area contributed by atoms with Crippen molar-refractivity contribution in [3.63, 3.8) is 0 Å². The van der Waals surface area contributed by atoms with Gasteiger partial charge in [0.2, 0.25) is 0 Å². The van der Waals surface area contributed by atoms with Gasteiger partial charge in [0.1, 0.15) is 12.4 Å². The van der Waals surface area contributed by atoms with Gasteiger partial charge in [-0.05, 0) is 37.3 Å². The van der Waals surface area contributed by atoms with Gasteiger partial charge in [-0.2, -0.15) is 5.06 Å². The maximum Gasteiger partial charge on any atom is 0.121 e. The molecule has 0 aliphatic carbocycles. The van der Waals surface area contributed by atoms with Gasteiger partial charge in [-0.15, -0.1) is 0 Å². The monoisotopic (exact) mass is 367 g/mol. The van der Waals surface area contributed by atoms with E-state index in [0.717, 1.165) is 11.8 Å². The SMILES string of the molecule is CC(ON(C(c1ccccc1)C(C)(C)C)C(C)(C)CC=O)c1ccccc1. The van der Waals surface area contributed by atoms with Gasteiger partial charge < -0.3 is 4.79 Å². The van der Waals surface area contributed by atoms with E-state index in [1.807, 2.05) is 24.3 Å². The number of aldehydes is 1. The Kier molecular flexibility index (Phi) is 6.96. The molecule has 2 atom stereocenters. The van der Waals surface area contributed by atoms with Gasteiger partial charge in [0.15, 0.2) is 0 Å². The number of hydrogen-bond donors (Lipinski definition) is 0. The Hall–Kier alpha value is -1.97. The van der Waals surface area contributed by atoms with Gasteiger partial charge in [-0.25, -0.2) is 0 Å². The first-order chi connectivity index (χ1) is 12.7. The highest BCUT2D eigenvalue weighted by atomic mass is 16.7. The van der Waals surface area contributed by atoms with Gasteiger partial charge in [-0.1, -0.05) is 81.4 Å². The van der Waals surface area contributed by atoms with Crippen molar-refractivity contribution in [2.45, 2.75) is 65.6 Å². The Labute approximate surface area is 164 Å². The molecule has 2 aromatic rings. The third kappa shape index (κ3) is 5.50. The van der Waals surface area contributed by atoms with Crippen molar-refractivity contribution in [3.8, 4) is 0 Å². The van der Waals surface area contributed by atoms with Crippen LogP contribution in [0, 0.1) is 5.41 Å². The third-order valence-corrected chi connectivity index (χ3v) is 4.89. The predicted octanol–water partition coefficient (Wildman–Crippen LogP) is 6.14. The van der Waals surface area contributed by atoms with Crippen molar-refractivity contribution in [2.24, 2.45) is 5.41 Å². The van der Waals surface area contributed by atoms with E-state index in [0.29, 0.717) is 6.42 Å². The summed E-state index contributed by atoms with van der Waals surface area (Å²) >= 11 is 0. The Morgan fingerprint density at radius 2 is 1.37 bits per heavy atom. The summed E-state index contributed by atoms with van der Waals surface area (Å²) in [5, 5.41) is 2.05. The van der Waals surface area contributed by atoms with Gasteiger partial charge in [0, 0.05) is 12.0 Å². The van der Waals surface area contributed by atoms with Crippen molar-refractivity contribution in [1.29, 1.82) is 0 Å². The maximum atomic E-state index is 11.4. The van der Waals surface area contributed by atoms with Crippen molar-refractivity contribution in [2.75, 3.05) is 0 Å². The van der Waals surface area contributed by atoms with Crippen molar-refractivity contribution < 1.29 is 9.63 Å². The average Bonchev–Trinajstić information content (AvgIpc) is 2.61. The Morgan fingerprint density at radius 1 is 0.889 bits per heavy atom. The van der Waals surface area contributed by atoms with E-state index in [9.17, 15) is 4.79 Å². The topological polar surface area (TPSA) is 29.5 Å². The molecule has 0 spiro atoms. The maximum absolute atomic E-state index is 11.4. The Bertz CT molecular complexity index is 704. The van der Waals surface area contributed by atoms with E-state index in [2.05, 4.69) is 83.0 Å². The molecule has 146 valence electrons. The van der Waals surface area contributed by atoms with E-state index in [4.69, 9.17) is 4.84 Å². The summed E-state index contributed by atoms with van der Waals surface area (Å²) in [6.45, 7) is 12.8. The molecule has 0 saturated carbocycles. The third-order valence-electron chi connectivity index (χ3n) is 4.89. The summed E-state index contributed by atoms with van der Waals surface area (Å²) in [5.41, 5.74) is 1.77. The van der Waals surface area contributed by atoms with E-state index in [1.165, 1.54) is 5.56 Å². The molecule has 0 aliphatic rings. The fourth-order valence-corrected chi connectivity index (χ4v) is 3.42. The minimum absolute atomic E-state index is 0.000174. The van der Waals surface area contributed by atoms with Crippen molar-refractivity contribution in [1.82, 2.24) is 5.06 Å². The Morgan fingerprint density at radius 3 is 1.81 bits per heavy atom. The second-order valence-electron chi connectivity index (χ2n) is 8.85. The summed E-state index contributed by atoms with van der Waals surface area (Å²) in [4.78, 5) is 18.0. The molecule has 0 heterocycles. The molecule has 3 heteroatoms. The highest BCUT2D eigenvalue weighted by molar-refractivity contribution is 5.51. The van der Waals surface area contributed by atoms with E-state index in [1.54, 1.807) is 0 Å². The van der Waals surface area contributed by atoms with Crippen LogP contribution in [0.2, 0.25) is 0 Å². The summed E-state index contributed by atoms with van der Waals surface area (Å²) in [7, 11) is 0. The zero-order valence-corrected chi connectivity index (χ0v) is 17.5. The lowest BCUT2D eigenvalue weighted by Crippen LogP contribution is -2.50. The minimum atomic E-state index is -0.446. The summed E-state index contributed by atoms with van der Waals surface area (Å²) < 4.78 is 0. The lowest BCUT2D eigenvalue weighted by Gasteiger charge is -2.48. The second kappa shape index (κ2) is 8.81. The number of nitrogens with zero attached hydrogens (tertiary/aromatic N) is 1. The van der Waals surface area contributed by atoms with E-state index < -0.39 is 5.54 Å². The van der Waals surface area contributed by atoms with Gasteiger partial charge in [0.05, 0.1) is 6.04 Å². The second-order valence-corrected chi connectivity index (χ2v) is 8.85. The summed E-state index contributed by atoms with van der Waals surface area (Å²) in [6, 6.07) is 20.6. The molecule has 0 fully saturated rings. The largest absolute Gasteiger partial charge is 0.303 e. The van der Waals surface area contributed by atoms with Crippen LogP contribution in [0.4, 0.5) is 0 Å². The highest BCUT2D eigenvalue weighted by Gasteiger charge is 2.41. The van der Waals surface area contributed by atoms with Crippen LogP contribution in [0.1, 0.15) is 71.2 Å². The zero-order valence-electron chi connectivity index (χ0n) is 17.5. The van der Waals surface area contributed by atoms with Crippen LogP contribution in [0.15, 0.2) is 60.7 Å². The van der Waals surface area contributed by atoms with Gasteiger partial charge in [0.25, 0.3) is 0 Å². The van der Waals surface area contributed by atoms with Crippen molar-refractivity contribution >= 4 is 6.29 Å². The molecule has 0 aromatic heterocycles. The minimum Gasteiger partial charge on any atom is -0.303 e. The van der Waals surface area contributed by atoms with Crippen LogP contribution < -0.4 is 0 Å². The molecule has 0 N–H and O–H groups in total. The van der Waals surface area contributed by atoms with E-state index >= 15 is 0 Å². The smallest absolute Gasteiger partial charge is 0.121 e. The lowest BCUT2D eigenvalue weighted by molar-refractivity contribution is -0.284. The first-order valence-electron chi connectivity index (χ1n) is 9.66. The summed E-state index contributed by atoms with van der Waals surface area (Å²) in [5.74, 6) is 0. The van der Waals surface area contributed by atoms with Crippen LogP contribution in [-0.4, -0.2) is 16.9 Å². The van der Waals surface area contributed by atoms with E-state index in [-0.39, 0.29) is 17.6 Å². The number of benzene rings is 2. The number of carbonyl (C=O) groups is 1. The molecular formula is C24H33NO2. The summed E-state index contributed by atoms with van der Waals surface area (Å²) in [6.07, 6.45) is 1.26. The standard InChI is InChI=1S/C24H33NO2/c1-19(20-13-9-7-10-14-20)27-25(24(5,6)17-18-26)22(23(2,3)4)21-15-11-8-12-16-21/h7-16,18-19,22H,17H2,1-6H3. The Balaban J connectivity index is 2.48. The molecule has 2 unspecified atom stereocenters. The molecule has 2 aromatic carbocycles. The normalized spacial score (nSPS) is 14.8. The van der Waals surface area contributed by atoms with Gasteiger partial charge in [-0.3, -0.25) is 4.84 Å². The van der Waals surface area contributed by atoms with Crippen LogP contribution in [-0.2, 0) is 9.63 Å². The van der Waals surface area contributed by atoms with Crippen LogP contribution >= 0.6 is 0 Å². The molecule has 3 nitrogen and oxygen atoms in total. The highest BCUT2D eigenvalue weighted by Crippen LogP contribution is 2.43. The number of carbonyl (C=O) groups excluding carboxylic acids is 1. The van der Waals surface area contributed by atoms with Crippen molar-refractivity contribution in [3.05, 3.63) is 71.8 Å². The fourth-order valence-electron chi connectivity index (χ4n) is 3.42. The lowest BCUT2D eigenvalue weighted by atomic mass is 9.80. The molecule has 0 radical (unpaired) electrons. The van der Waals surface area contributed by atoms with Crippen LogP contribution in [0.3, 0.4) is 0 Å². The molecule has 0 amide bonds. The molecule has 2 rings (SSSR count). The van der Waals surface area contributed by atoms with Crippen LogP contribution in [0.25, 0.3) is 0 Å². The quantitative estimate of drug-likeness (QED) is 0.415. The number of rotatable bonds is 8. The predicted molar refractivity (Wildman–Crippen MR) is 111 cm³/mol. The molecule has 0 aliphatic heterocycles. The first kappa shape index (κ1) is 21.3. The molecule has 27 heavy (non-hydrogen) atoms. The van der Waals surface area contributed by atoms with Crippen LogP contribution in [0.5, 0.6) is 0 Å². The fraction of sp³-hybridized carbons (Fsp3) is 0.458. The zero-order chi connectivity index (χ0) is 20.1. The van der Waals surface area contributed by atoms with Gasteiger partial charge >= 0.3 is 0 Å². The molecule has 0 bridgehead atoms. The molecule has 0 saturated heterocycles. The first-order valence-corrected chi connectivity index (χ1v) is 9.66. The number of hydroxylamine groups is 2.